The van der Waals surface area contributed by atoms with Crippen LogP contribution in [0, 0.1) is 0 Å². The standard InChI is InChI=1S/C10H11F3N2O2/c11-10(12,13)7-17-6-9(16)15-5-8-3-1-2-4-14-8/h1-4H,5-7H2,(H,15,16). The summed E-state index contributed by atoms with van der Waals surface area (Å²) >= 11 is 0. The van der Waals surface area contributed by atoms with Gasteiger partial charge in [-0.2, -0.15) is 13.2 Å². The van der Waals surface area contributed by atoms with Crippen LogP contribution < -0.4 is 5.32 Å². The van der Waals surface area contributed by atoms with Gasteiger partial charge in [0.05, 0.1) is 12.2 Å². The van der Waals surface area contributed by atoms with Crippen molar-refractivity contribution in [3.8, 4) is 0 Å². The number of carbonyl (C=O) groups excluding carboxylic acids is 1. The smallest absolute Gasteiger partial charge is 0.362 e. The van der Waals surface area contributed by atoms with Crippen LogP contribution in [0.15, 0.2) is 24.4 Å². The summed E-state index contributed by atoms with van der Waals surface area (Å²) in [7, 11) is 0. The first kappa shape index (κ1) is 13.4. The first-order valence-corrected chi connectivity index (χ1v) is 4.78. The largest absolute Gasteiger partial charge is 0.411 e. The molecule has 0 aliphatic heterocycles. The van der Waals surface area contributed by atoms with Gasteiger partial charge in [0.2, 0.25) is 5.91 Å². The van der Waals surface area contributed by atoms with E-state index < -0.39 is 25.3 Å². The molecule has 0 aliphatic rings. The minimum atomic E-state index is -4.42. The number of hydrogen-bond acceptors (Lipinski definition) is 3. The lowest BCUT2D eigenvalue weighted by molar-refractivity contribution is -0.175. The summed E-state index contributed by atoms with van der Waals surface area (Å²) in [5, 5.41) is 2.39. The molecule has 1 amide bonds. The van der Waals surface area contributed by atoms with Gasteiger partial charge in [-0.25, -0.2) is 0 Å². The summed E-state index contributed by atoms with van der Waals surface area (Å²) < 4.78 is 39.3. The number of halogens is 3. The number of amides is 1. The highest BCUT2D eigenvalue weighted by Gasteiger charge is 2.27. The molecule has 0 saturated heterocycles. The average Bonchev–Trinajstić information content (AvgIpc) is 2.26. The highest BCUT2D eigenvalue weighted by molar-refractivity contribution is 5.77. The lowest BCUT2D eigenvalue weighted by Gasteiger charge is -2.07. The fourth-order valence-electron chi connectivity index (χ4n) is 1.00. The highest BCUT2D eigenvalue weighted by atomic mass is 19.4. The average molecular weight is 248 g/mol. The molecule has 0 aliphatic carbocycles. The van der Waals surface area contributed by atoms with Crippen LogP contribution in [0.1, 0.15) is 5.69 Å². The highest BCUT2D eigenvalue weighted by Crippen LogP contribution is 2.13. The molecule has 0 saturated carbocycles. The minimum absolute atomic E-state index is 0.162. The molecule has 1 N–H and O–H groups in total. The van der Waals surface area contributed by atoms with Crippen molar-refractivity contribution in [3.63, 3.8) is 0 Å². The van der Waals surface area contributed by atoms with Crippen molar-refractivity contribution in [2.24, 2.45) is 0 Å². The van der Waals surface area contributed by atoms with Crippen LogP contribution in [-0.4, -0.2) is 30.3 Å². The summed E-state index contributed by atoms with van der Waals surface area (Å²) in [5.74, 6) is -0.611. The Kier molecular flexibility index (Phi) is 4.89. The maximum absolute atomic E-state index is 11.7. The third-order valence-electron chi connectivity index (χ3n) is 1.69. The number of pyridine rings is 1. The second-order valence-corrected chi connectivity index (χ2v) is 3.21. The van der Waals surface area contributed by atoms with E-state index in [4.69, 9.17) is 0 Å². The fraction of sp³-hybridized carbons (Fsp3) is 0.400. The number of nitrogens with zero attached hydrogens (tertiary/aromatic N) is 1. The van der Waals surface area contributed by atoms with Crippen molar-refractivity contribution in [3.05, 3.63) is 30.1 Å². The molecule has 0 radical (unpaired) electrons. The third kappa shape index (κ3) is 6.52. The minimum Gasteiger partial charge on any atom is -0.362 e. The Bertz CT molecular complexity index is 354. The van der Waals surface area contributed by atoms with Crippen molar-refractivity contribution in [2.75, 3.05) is 13.2 Å². The summed E-state index contributed by atoms with van der Waals surface area (Å²) in [6.07, 6.45) is -2.86. The summed E-state index contributed by atoms with van der Waals surface area (Å²) in [5.41, 5.74) is 0.622. The van der Waals surface area contributed by atoms with Gasteiger partial charge in [0, 0.05) is 6.20 Å². The van der Waals surface area contributed by atoms with Crippen LogP contribution in [0.2, 0.25) is 0 Å². The van der Waals surface area contributed by atoms with Gasteiger partial charge in [-0.05, 0) is 12.1 Å². The van der Waals surface area contributed by atoms with Crippen molar-refractivity contribution >= 4 is 5.91 Å². The van der Waals surface area contributed by atoms with E-state index in [9.17, 15) is 18.0 Å². The predicted molar refractivity (Wildman–Crippen MR) is 53.0 cm³/mol. The maximum Gasteiger partial charge on any atom is 0.411 e. The predicted octanol–water partition coefficient (Wildman–Crippen LogP) is 1.28. The molecule has 1 heterocycles. The quantitative estimate of drug-likeness (QED) is 0.853. The van der Waals surface area contributed by atoms with E-state index in [-0.39, 0.29) is 6.54 Å². The topological polar surface area (TPSA) is 51.2 Å². The molecule has 4 nitrogen and oxygen atoms in total. The van der Waals surface area contributed by atoms with Crippen molar-refractivity contribution < 1.29 is 22.7 Å². The zero-order valence-corrected chi connectivity index (χ0v) is 8.83. The molecule has 0 aromatic carbocycles. The van der Waals surface area contributed by atoms with Gasteiger partial charge in [-0.15, -0.1) is 0 Å². The number of nitrogens with one attached hydrogen (secondary N) is 1. The fourth-order valence-corrected chi connectivity index (χ4v) is 1.00. The van der Waals surface area contributed by atoms with Gasteiger partial charge in [0.1, 0.15) is 13.2 Å². The van der Waals surface area contributed by atoms with E-state index in [0.29, 0.717) is 5.69 Å². The zero-order chi connectivity index (χ0) is 12.7. The summed E-state index contributed by atoms with van der Waals surface area (Å²) in [6.45, 7) is -1.88. The first-order chi connectivity index (χ1) is 7.97. The lowest BCUT2D eigenvalue weighted by Crippen LogP contribution is -2.29. The molecule has 0 unspecified atom stereocenters. The van der Waals surface area contributed by atoms with Gasteiger partial charge >= 0.3 is 6.18 Å². The third-order valence-corrected chi connectivity index (χ3v) is 1.69. The van der Waals surface area contributed by atoms with E-state index in [2.05, 4.69) is 15.0 Å². The number of rotatable bonds is 5. The normalized spacial score (nSPS) is 11.2. The van der Waals surface area contributed by atoms with Crippen LogP contribution >= 0.6 is 0 Å². The van der Waals surface area contributed by atoms with Crippen molar-refractivity contribution in [2.45, 2.75) is 12.7 Å². The van der Waals surface area contributed by atoms with E-state index in [1.807, 2.05) is 0 Å². The summed E-state index contributed by atoms with van der Waals surface area (Å²) in [6, 6.07) is 5.16. The van der Waals surface area contributed by atoms with E-state index in [1.54, 1.807) is 24.4 Å². The Morgan fingerprint density at radius 1 is 1.41 bits per heavy atom. The van der Waals surface area contributed by atoms with Gasteiger partial charge in [-0.1, -0.05) is 6.07 Å². The van der Waals surface area contributed by atoms with Crippen molar-refractivity contribution in [1.82, 2.24) is 10.3 Å². The van der Waals surface area contributed by atoms with Crippen LogP contribution in [-0.2, 0) is 16.1 Å². The molecule has 0 fully saturated rings. The van der Waals surface area contributed by atoms with Gasteiger partial charge in [-0.3, -0.25) is 9.78 Å². The molecule has 0 atom stereocenters. The lowest BCUT2D eigenvalue weighted by atomic mass is 10.3. The molecule has 1 rings (SSSR count). The molecule has 94 valence electrons. The van der Waals surface area contributed by atoms with Gasteiger partial charge in [0.15, 0.2) is 0 Å². The second kappa shape index (κ2) is 6.19. The Balaban J connectivity index is 2.18. The van der Waals surface area contributed by atoms with E-state index >= 15 is 0 Å². The molecule has 1 aromatic heterocycles. The Labute approximate surface area is 95.8 Å². The van der Waals surface area contributed by atoms with E-state index in [0.717, 1.165) is 0 Å². The molecule has 0 spiro atoms. The number of ether oxygens (including phenoxy) is 1. The van der Waals surface area contributed by atoms with Crippen LogP contribution in [0.25, 0.3) is 0 Å². The molecule has 0 bridgehead atoms. The number of alkyl halides is 3. The molecular formula is C10H11F3N2O2. The van der Waals surface area contributed by atoms with Crippen molar-refractivity contribution in [1.29, 1.82) is 0 Å². The van der Waals surface area contributed by atoms with Crippen LogP contribution in [0.3, 0.4) is 0 Å². The van der Waals surface area contributed by atoms with E-state index in [1.165, 1.54) is 0 Å². The number of hydrogen-bond donors (Lipinski definition) is 1. The Morgan fingerprint density at radius 2 is 2.18 bits per heavy atom. The molecule has 7 heteroatoms. The Morgan fingerprint density at radius 3 is 2.76 bits per heavy atom. The molecule has 1 aromatic rings. The van der Waals surface area contributed by atoms with Gasteiger partial charge < -0.3 is 10.1 Å². The molecule has 17 heavy (non-hydrogen) atoms. The first-order valence-electron chi connectivity index (χ1n) is 4.78. The van der Waals surface area contributed by atoms with Crippen LogP contribution in [0.5, 0.6) is 0 Å². The summed E-state index contributed by atoms with van der Waals surface area (Å²) in [4.78, 5) is 15.0. The second-order valence-electron chi connectivity index (χ2n) is 3.21. The number of carbonyl (C=O) groups is 1. The van der Waals surface area contributed by atoms with Gasteiger partial charge in [0.25, 0.3) is 0 Å². The SMILES string of the molecule is O=C(COCC(F)(F)F)NCc1ccccn1. The zero-order valence-electron chi connectivity index (χ0n) is 8.83. The molecular weight excluding hydrogens is 237 g/mol. The van der Waals surface area contributed by atoms with Crippen LogP contribution in [0.4, 0.5) is 13.2 Å². The Hall–Kier alpha value is -1.63. The maximum atomic E-state index is 11.7. The monoisotopic (exact) mass is 248 g/mol. The number of aromatic nitrogens is 1.